The van der Waals surface area contributed by atoms with Gasteiger partial charge in [0.1, 0.15) is 0 Å². The number of nitrogens with one attached hydrogen (secondary N) is 2. The molecule has 1 aliphatic rings. The second-order valence-corrected chi connectivity index (χ2v) is 8.14. The molecule has 0 aliphatic carbocycles. The summed E-state index contributed by atoms with van der Waals surface area (Å²) >= 11 is 1.34. The van der Waals surface area contributed by atoms with Gasteiger partial charge in [-0.1, -0.05) is 30.3 Å². The third-order valence-corrected chi connectivity index (χ3v) is 5.70. The Bertz CT molecular complexity index is 797. The summed E-state index contributed by atoms with van der Waals surface area (Å²) < 4.78 is 0. The maximum absolute atomic E-state index is 12.1. The molecule has 0 saturated carbocycles. The molecule has 3 rings (SSSR count). The van der Waals surface area contributed by atoms with Gasteiger partial charge in [0, 0.05) is 31.0 Å². The van der Waals surface area contributed by atoms with Gasteiger partial charge in [0.2, 0.25) is 11.8 Å². The van der Waals surface area contributed by atoms with Crippen molar-refractivity contribution >= 4 is 35.0 Å². The molecule has 1 aliphatic heterocycles. The number of hydrogen-bond acceptors (Lipinski definition) is 4. The van der Waals surface area contributed by atoms with Gasteiger partial charge in [0.05, 0.1) is 11.5 Å². The van der Waals surface area contributed by atoms with E-state index < -0.39 is 0 Å². The van der Waals surface area contributed by atoms with Crippen LogP contribution in [0.4, 0.5) is 11.4 Å². The van der Waals surface area contributed by atoms with Gasteiger partial charge in [-0.2, -0.15) is 0 Å². The smallest absolute Gasteiger partial charge is 0.234 e. The van der Waals surface area contributed by atoms with Crippen molar-refractivity contribution in [3.05, 3.63) is 60.2 Å². The summed E-state index contributed by atoms with van der Waals surface area (Å²) in [6.07, 6.45) is 1.08. The third kappa shape index (κ3) is 6.30. The van der Waals surface area contributed by atoms with E-state index in [0.717, 1.165) is 30.8 Å². The van der Waals surface area contributed by atoms with Crippen LogP contribution in [-0.2, 0) is 9.59 Å². The number of thioether (sulfide) groups is 1. The molecule has 2 amide bonds. The molecule has 6 heteroatoms. The van der Waals surface area contributed by atoms with E-state index in [1.54, 1.807) is 0 Å². The molecule has 2 aromatic carbocycles. The van der Waals surface area contributed by atoms with Crippen molar-refractivity contribution in [2.75, 3.05) is 41.4 Å². The van der Waals surface area contributed by atoms with Crippen molar-refractivity contribution in [1.82, 2.24) is 5.32 Å². The molecule has 1 unspecified atom stereocenters. The van der Waals surface area contributed by atoms with Gasteiger partial charge >= 0.3 is 0 Å². The van der Waals surface area contributed by atoms with E-state index in [2.05, 4.69) is 39.8 Å². The van der Waals surface area contributed by atoms with E-state index in [1.165, 1.54) is 17.4 Å². The molecule has 0 radical (unpaired) electrons. The molecule has 2 N–H and O–H groups in total. The molecular formula is C22H27N3O2S. The summed E-state index contributed by atoms with van der Waals surface area (Å²) in [5.41, 5.74) is 3.13. The van der Waals surface area contributed by atoms with E-state index in [1.807, 2.05) is 37.3 Å². The topological polar surface area (TPSA) is 61.4 Å². The summed E-state index contributed by atoms with van der Waals surface area (Å²) in [5, 5.41) is 5.87. The van der Waals surface area contributed by atoms with Gasteiger partial charge in [0.15, 0.2) is 0 Å². The average Bonchev–Trinajstić information content (AvgIpc) is 3.16. The van der Waals surface area contributed by atoms with Gasteiger partial charge in [0.25, 0.3) is 0 Å². The van der Waals surface area contributed by atoms with Gasteiger partial charge in [-0.3, -0.25) is 9.59 Å². The number of hydrogen-bond donors (Lipinski definition) is 2. The lowest BCUT2D eigenvalue weighted by atomic mass is 10.1. The third-order valence-electron chi connectivity index (χ3n) is 4.76. The first kappa shape index (κ1) is 20.3. The number of amides is 2. The van der Waals surface area contributed by atoms with Crippen LogP contribution >= 0.6 is 11.8 Å². The largest absolute Gasteiger partial charge is 0.371 e. The zero-order valence-electron chi connectivity index (χ0n) is 16.2. The molecule has 1 atom stereocenters. The molecule has 28 heavy (non-hydrogen) atoms. The first-order valence-corrected chi connectivity index (χ1v) is 10.8. The number of carbonyl (C=O) groups excluding carboxylic acids is 2. The first-order chi connectivity index (χ1) is 13.6. The summed E-state index contributed by atoms with van der Waals surface area (Å²) in [6.45, 7) is 4.67. The van der Waals surface area contributed by atoms with Crippen LogP contribution in [0.5, 0.6) is 0 Å². The molecule has 0 bridgehead atoms. The number of anilines is 2. The van der Waals surface area contributed by atoms with E-state index in [9.17, 15) is 9.59 Å². The zero-order chi connectivity index (χ0) is 19.8. The molecule has 1 fully saturated rings. The van der Waals surface area contributed by atoms with Gasteiger partial charge in [-0.25, -0.2) is 0 Å². The van der Waals surface area contributed by atoms with Crippen LogP contribution < -0.4 is 15.5 Å². The minimum Gasteiger partial charge on any atom is -0.371 e. The van der Waals surface area contributed by atoms with Crippen molar-refractivity contribution in [2.24, 2.45) is 5.92 Å². The van der Waals surface area contributed by atoms with Crippen LogP contribution in [0.25, 0.3) is 0 Å². The van der Waals surface area contributed by atoms with Crippen LogP contribution in [-0.4, -0.2) is 43.0 Å². The number of benzene rings is 2. The fraction of sp³-hybridized carbons (Fsp3) is 0.364. The van der Waals surface area contributed by atoms with Gasteiger partial charge in [-0.05, 0) is 49.1 Å². The Labute approximate surface area is 170 Å². The highest BCUT2D eigenvalue weighted by atomic mass is 32.2. The molecule has 0 spiro atoms. The Morgan fingerprint density at radius 3 is 2.64 bits per heavy atom. The lowest BCUT2D eigenvalue weighted by molar-refractivity contribution is -0.118. The maximum Gasteiger partial charge on any atom is 0.234 e. The van der Waals surface area contributed by atoms with Gasteiger partial charge in [-0.15, -0.1) is 11.8 Å². The van der Waals surface area contributed by atoms with Crippen molar-refractivity contribution in [3.8, 4) is 0 Å². The van der Waals surface area contributed by atoms with E-state index in [4.69, 9.17) is 0 Å². The molecule has 1 saturated heterocycles. The first-order valence-electron chi connectivity index (χ1n) is 9.61. The predicted octanol–water partition coefficient (Wildman–Crippen LogP) is 3.31. The number of rotatable bonds is 8. The molecule has 2 aromatic rings. The van der Waals surface area contributed by atoms with E-state index >= 15 is 0 Å². The number of nitrogens with zero attached hydrogens (tertiary/aromatic N) is 1. The van der Waals surface area contributed by atoms with Gasteiger partial charge < -0.3 is 15.5 Å². The van der Waals surface area contributed by atoms with Crippen molar-refractivity contribution < 1.29 is 9.59 Å². The Balaban J connectivity index is 1.30. The van der Waals surface area contributed by atoms with E-state index in [0.29, 0.717) is 18.2 Å². The van der Waals surface area contributed by atoms with Crippen LogP contribution in [0.1, 0.15) is 12.0 Å². The minimum atomic E-state index is -0.0855. The Hall–Kier alpha value is -2.47. The Kier molecular flexibility index (Phi) is 7.37. The summed E-state index contributed by atoms with van der Waals surface area (Å²) in [7, 11) is 0. The monoisotopic (exact) mass is 397 g/mol. The highest BCUT2D eigenvalue weighted by Gasteiger charge is 2.22. The summed E-state index contributed by atoms with van der Waals surface area (Å²) in [5.74, 6) is 0.950. The van der Waals surface area contributed by atoms with Crippen molar-refractivity contribution in [1.29, 1.82) is 0 Å². The zero-order valence-corrected chi connectivity index (χ0v) is 17.0. The van der Waals surface area contributed by atoms with E-state index in [-0.39, 0.29) is 17.6 Å². The van der Waals surface area contributed by atoms with Crippen LogP contribution in [0.3, 0.4) is 0 Å². The number of carbonyl (C=O) groups is 2. The minimum absolute atomic E-state index is 0.00785. The Morgan fingerprint density at radius 1 is 1.07 bits per heavy atom. The second-order valence-electron chi connectivity index (χ2n) is 7.15. The molecule has 148 valence electrons. The Morgan fingerprint density at radius 2 is 1.86 bits per heavy atom. The van der Waals surface area contributed by atoms with Crippen LogP contribution in [0.15, 0.2) is 54.6 Å². The summed E-state index contributed by atoms with van der Waals surface area (Å²) in [4.78, 5) is 26.4. The molecular weight excluding hydrogens is 370 g/mol. The highest BCUT2D eigenvalue weighted by Crippen LogP contribution is 2.23. The normalized spacial score (nSPS) is 16.0. The highest BCUT2D eigenvalue weighted by molar-refractivity contribution is 8.00. The predicted molar refractivity (Wildman–Crippen MR) is 117 cm³/mol. The number of aryl methyl sites for hydroxylation is 1. The molecule has 1 heterocycles. The fourth-order valence-corrected chi connectivity index (χ4v) is 3.99. The quantitative estimate of drug-likeness (QED) is 0.717. The second kappa shape index (κ2) is 10.2. The number of para-hydroxylation sites is 1. The SMILES string of the molecule is Cc1cccc(NC(=O)CSCC(=O)NCC2CCN(c3ccccc3)C2)c1. The van der Waals surface area contributed by atoms with Crippen LogP contribution in [0, 0.1) is 12.8 Å². The lowest BCUT2D eigenvalue weighted by Gasteiger charge is -2.18. The standard InChI is InChI=1S/C22H27N3O2S/c1-17-6-5-7-19(12-17)24-22(27)16-28-15-21(26)23-13-18-10-11-25(14-18)20-8-3-2-4-9-20/h2-9,12,18H,10-11,13-16H2,1H3,(H,23,26)(H,24,27). The maximum atomic E-state index is 12.1. The summed E-state index contributed by atoms with van der Waals surface area (Å²) in [6, 6.07) is 18.1. The van der Waals surface area contributed by atoms with Crippen molar-refractivity contribution in [2.45, 2.75) is 13.3 Å². The fourth-order valence-electron chi connectivity index (χ4n) is 3.34. The molecule has 0 aromatic heterocycles. The lowest BCUT2D eigenvalue weighted by Crippen LogP contribution is -2.32. The molecule has 5 nitrogen and oxygen atoms in total. The average molecular weight is 398 g/mol. The van der Waals surface area contributed by atoms with Crippen molar-refractivity contribution in [3.63, 3.8) is 0 Å². The van der Waals surface area contributed by atoms with Crippen LogP contribution in [0.2, 0.25) is 0 Å².